The second-order valence-electron chi connectivity index (χ2n) is 4.12. The lowest BCUT2D eigenvalue weighted by molar-refractivity contribution is 0.543. The fraction of sp³-hybridized carbons (Fsp3) is 0.214. The molecule has 0 aliphatic heterocycles. The summed E-state index contributed by atoms with van der Waals surface area (Å²) in [6.45, 7) is 2.55. The smallest absolute Gasteiger partial charge is 0.128 e. The Labute approximate surface area is 114 Å². The number of nitrogens with zero attached hydrogens (tertiary/aromatic N) is 1. The molecule has 1 heterocycles. The van der Waals surface area contributed by atoms with Crippen LogP contribution in [0.1, 0.15) is 24.1 Å². The summed E-state index contributed by atoms with van der Waals surface area (Å²) >= 11 is 3.25. The fourth-order valence-corrected chi connectivity index (χ4v) is 2.03. The molecule has 1 atom stereocenters. The van der Waals surface area contributed by atoms with Gasteiger partial charge in [0, 0.05) is 35.0 Å². The topological polar surface area (TPSA) is 24.9 Å². The average Bonchev–Trinajstić information content (AvgIpc) is 2.38. The average molecular weight is 309 g/mol. The molecule has 0 amide bonds. The summed E-state index contributed by atoms with van der Waals surface area (Å²) in [7, 11) is 0. The minimum atomic E-state index is -0.196. The van der Waals surface area contributed by atoms with Crippen LogP contribution >= 0.6 is 15.9 Å². The van der Waals surface area contributed by atoms with Crippen LogP contribution in [0.15, 0.2) is 47.2 Å². The van der Waals surface area contributed by atoms with Crippen LogP contribution in [-0.4, -0.2) is 4.98 Å². The zero-order valence-electron chi connectivity index (χ0n) is 10.0. The van der Waals surface area contributed by atoms with Gasteiger partial charge in [0.2, 0.25) is 0 Å². The minimum Gasteiger partial charge on any atom is -0.306 e. The highest BCUT2D eigenvalue weighted by molar-refractivity contribution is 9.10. The summed E-state index contributed by atoms with van der Waals surface area (Å²) in [5, 5.41) is 3.29. The zero-order chi connectivity index (χ0) is 13.0. The van der Waals surface area contributed by atoms with Crippen LogP contribution in [0.4, 0.5) is 4.39 Å². The number of halogens is 2. The normalized spacial score (nSPS) is 12.4. The predicted octanol–water partition coefficient (Wildman–Crippen LogP) is 3.83. The number of hydrogen-bond acceptors (Lipinski definition) is 2. The molecule has 2 nitrogen and oxygen atoms in total. The lowest BCUT2D eigenvalue weighted by atomic mass is 10.1. The molecule has 0 fully saturated rings. The lowest BCUT2D eigenvalue weighted by Crippen LogP contribution is -2.18. The molecule has 0 saturated heterocycles. The molecule has 4 heteroatoms. The van der Waals surface area contributed by atoms with Crippen LogP contribution < -0.4 is 5.32 Å². The number of rotatable bonds is 4. The van der Waals surface area contributed by atoms with Crippen molar-refractivity contribution in [1.29, 1.82) is 0 Å². The molecule has 0 radical (unpaired) electrons. The van der Waals surface area contributed by atoms with Crippen LogP contribution in [-0.2, 0) is 6.54 Å². The van der Waals surface area contributed by atoms with Crippen molar-refractivity contribution in [3.8, 4) is 0 Å². The highest BCUT2D eigenvalue weighted by atomic mass is 79.9. The summed E-state index contributed by atoms with van der Waals surface area (Å²) in [4.78, 5) is 3.98. The lowest BCUT2D eigenvalue weighted by Gasteiger charge is -2.14. The highest BCUT2D eigenvalue weighted by Crippen LogP contribution is 2.17. The third kappa shape index (κ3) is 3.37. The maximum absolute atomic E-state index is 13.6. The molecule has 94 valence electrons. The van der Waals surface area contributed by atoms with Crippen molar-refractivity contribution in [2.75, 3.05) is 0 Å². The monoisotopic (exact) mass is 308 g/mol. The molecule has 2 aromatic rings. The van der Waals surface area contributed by atoms with E-state index in [2.05, 4.69) is 26.2 Å². The van der Waals surface area contributed by atoms with E-state index in [4.69, 9.17) is 0 Å². The van der Waals surface area contributed by atoms with Crippen molar-refractivity contribution < 1.29 is 4.39 Å². The number of pyridine rings is 1. The van der Waals surface area contributed by atoms with Crippen molar-refractivity contribution >= 4 is 15.9 Å². The number of nitrogens with one attached hydrogen (secondary N) is 1. The Morgan fingerprint density at radius 3 is 2.67 bits per heavy atom. The second kappa shape index (κ2) is 6.07. The van der Waals surface area contributed by atoms with Crippen LogP contribution in [0.2, 0.25) is 0 Å². The maximum atomic E-state index is 13.6. The maximum Gasteiger partial charge on any atom is 0.128 e. The molecule has 1 aromatic carbocycles. The van der Waals surface area contributed by atoms with Crippen LogP contribution in [0.3, 0.4) is 0 Å². The Morgan fingerprint density at radius 1 is 1.28 bits per heavy atom. The van der Waals surface area contributed by atoms with Gasteiger partial charge in [-0.1, -0.05) is 22.0 Å². The van der Waals surface area contributed by atoms with Gasteiger partial charge in [-0.15, -0.1) is 0 Å². The third-order valence-corrected chi connectivity index (χ3v) is 3.31. The van der Waals surface area contributed by atoms with E-state index in [-0.39, 0.29) is 11.9 Å². The minimum absolute atomic E-state index is 0.163. The van der Waals surface area contributed by atoms with E-state index in [1.807, 2.05) is 25.1 Å². The van der Waals surface area contributed by atoms with Crippen molar-refractivity contribution in [3.63, 3.8) is 0 Å². The summed E-state index contributed by atoms with van der Waals surface area (Å²) in [5.41, 5.74) is 1.81. The number of benzene rings is 1. The molecule has 0 aliphatic rings. The Hall–Kier alpha value is -1.26. The van der Waals surface area contributed by atoms with E-state index >= 15 is 0 Å². The molecular formula is C14H14BrFN2. The number of aromatic nitrogens is 1. The molecule has 0 unspecified atom stereocenters. The Morgan fingerprint density at radius 2 is 2.00 bits per heavy atom. The van der Waals surface area contributed by atoms with Gasteiger partial charge in [-0.25, -0.2) is 4.39 Å². The van der Waals surface area contributed by atoms with Crippen molar-refractivity contribution in [1.82, 2.24) is 10.3 Å². The van der Waals surface area contributed by atoms with Gasteiger partial charge in [-0.2, -0.15) is 0 Å². The Balaban J connectivity index is 1.99. The molecule has 1 aromatic heterocycles. The second-order valence-corrected chi connectivity index (χ2v) is 5.03. The van der Waals surface area contributed by atoms with Gasteiger partial charge >= 0.3 is 0 Å². The van der Waals surface area contributed by atoms with E-state index in [9.17, 15) is 4.39 Å². The summed E-state index contributed by atoms with van der Waals surface area (Å²) in [6, 6.07) is 9.18. The van der Waals surface area contributed by atoms with Crippen LogP contribution in [0.25, 0.3) is 0 Å². The first-order chi connectivity index (χ1) is 8.66. The van der Waals surface area contributed by atoms with E-state index in [0.717, 1.165) is 10.0 Å². The first kappa shape index (κ1) is 13.2. The van der Waals surface area contributed by atoms with Gasteiger partial charge in [-0.3, -0.25) is 4.98 Å². The van der Waals surface area contributed by atoms with Gasteiger partial charge in [-0.05, 0) is 36.8 Å². The Kier molecular flexibility index (Phi) is 4.44. The van der Waals surface area contributed by atoms with Crippen molar-refractivity contribution in [2.45, 2.75) is 19.5 Å². The first-order valence-corrected chi connectivity index (χ1v) is 6.53. The Bertz CT molecular complexity index is 516. The molecule has 0 spiro atoms. The number of hydrogen-bond donors (Lipinski definition) is 1. The molecule has 1 N–H and O–H groups in total. The van der Waals surface area contributed by atoms with Gasteiger partial charge in [0.15, 0.2) is 0 Å². The SMILES string of the molecule is C[C@H](NCc1ccc(Br)cc1F)c1ccncc1. The highest BCUT2D eigenvalue weighted by Gasteiger charge is 2.07. The predicted molar refractivity (Wildman–Crippen MR) is 73.6 cm³/mol. The largest absolute Gasteiger partial charge is 0.306 e. The van der Waals surface area contributed by atoms with Gasteiger partial charge < -0.3 is 5.32 Å². The van der Waals surface area contributed by atoms with Gasteiger partial charge in [0.25, 0.3) is 0 Å². The van der Waals surface area contributed by atoms with Crippen LogP contribution in [0, 0.1) is 5.82 Å². The van der Waals surface area contributed by atoms with E-state index < -0.39 is 0 Å². The van der Waals surface area contributed by atoms with E-state index in [1.165, 1.54) is 6.07 Å². The van der Waals surface area contributed by atoms with E-state index in [1.54, 1.807) is 18.5 Å². The van der Waals surface area contributed by atoms with Gasteiger partial charge in [0.1, 0.15) is 5.82 Å². The zero-order valence-corrected chi connectivity index (χ0v) is 11.6. The molecule has 0 bridgehead atoms. The van der Waals surface area contributed by atoms with Gasteiger partial charge in [0.05, 0.1) is 0 Å². The summed E-state index contributed by atoms with van der Waals surface area (Å²) in [6.07, 6.45) is 3.52. The molecular weight excluding hydrogens is 295 g/mol. The summed E-state index contributed by atoms with van der Waals surface area (Å²) in [5.74, 6) is -0.196. The van der Waals surface area contributed by atoms with Crippen molar-refractivity contribution in [2.24, 2.45) is 0 Å². The van der Waals surface area contributed by atoms with Crippen LogP contribution in [0.5, 0.6) is 0 Å². The standard InChI is InChI=1S/C14H14BrFN2/c1-10(11-4-6-17-7-5-11)18-9-12-2-3-13(15)8-14(12)16/h2-8,10,18H,9H2,1H3/t10-/m0/s1. The summed E-state index contributed by atoms with van der Waals surface area (Å²) < 4.78 is 14.4. The molecule has 2 rings (SSSR count). The fourth-order valence-electron chi connectivity index (χ4n) is 1.70. The quantitative estimate of drug-likeness (QED) is 0.928. The molecule has 0 saturated carbocycles. The van der Waals surface area contributed by atoms with Crippen molar-refractivity contribution in [3.05, 3.63) is 64.1 Å². The third-order valence-electron chi connectivity index (χ3n) is 2.82. The molecule has 18 heavy (non-hydrogen) atoms. The van der Waals surface area contributed by atoms with E-state index in [0.29, 0.717) is 12.1 Å². The molecule has 0 aliphatic carbocycles. The first-order valence-electron chi connectivity index (χ1n) is 5.74.